The first kappa shape index (κ1) is 28.7. The summed E-state index contributed by atoms with van der Waals surface area (Å²) in [7, 11) is -3.82. The van der Waals surface area contributed by atoms with Crippen LogP contribution in [0, 0.1) is 0 Å². The second-order valence-electron chi connectivity index (χ2n) is 9.38. The molecule has 1 aliphatic heterocycles. The lowest BCUT2D eigenvalue weighted by Gasteiger charge is -2.16. The highest BCUT2D eigenvalue weighted by molar-refractivity contribution is 7.85. The summed E-state index contributed by atoms with van der Waals surface area (Å²) in [5.74, 6) is 0.464. The number of anilines is 1. The van der Waals surface area contributed by atoms with Gasteiger partial charge in [0.15, 0.2) is 23.2 Å². The standard InChI is InChI=1S/C23H39N5O7S/c29-14-17-19(30)20(31)23(35-17)28-16-27-18-21(25-15-26-22(18)28)24-12-10-8-6-4-2-1-3-5-7-9-11-13-36(32,33)34/h15-17,19-20,23,29-31H,1-14H2,(H,24,25,26)(H,32,33,34). The fourth-order valence-corrected chi connectivity index (χ4v) is 5.05. The molecule has 0 amide bonds. The van der Waals surface area contributed by atoms with Crippen LogP contribution < -0.4 is 5.32 Å². The summed E-state index contributed by atoms with van der Waals surface area (Å²) in [5, 5.41) is 32.9. The van der Waals surface area contributed by atoms with E-state index in [1.807, 2.05) is 0 Å². The van der Waals surface area contributed by atoms with Gasteiger partial charge >= 0.3 is 0 Å². The van der Waals surface area contributed by atoms with E-state index in [1.165, 1.54) is 31.9 Å². The third kappa shape index (κ3) is 8.32. The van der Waals surface area contributed by atoms with Crippen LogP contribution in [0.15, 0.2) is 12.7 Å². The largest absolute Gasteiger partial charge is 0.394 e. The summed E-state index contributed by atoms with van der Waals surface area (Å²) in [6.45, 7) is 0.349. The topological polar surface area (TPSA) is 180 Å². The van der Waals surface area contributed by atoms with E-state index < -0.39 is 41.3 Å². The van der Waals surface area contributed by atoms with Crippen LogP contribution in [0.1, 0.15) is 76.9 Å². The normalized spacial score (nSPS) is 22.4. The number of ether oxygens (including phenoxy) is 1. The quantitative estimate of drug-likeness (QED) is 0.149. The minimum atomic E-state index is -3.82. The zero-order valence-corrected chi connectivity index (χ0v) is 21.4. The van der Waals surface area contributed by atoms with E-state index in [1.54, 1.807) is 4.57 Å². The first-order valence-electron chi connectivity index (χ1n) is 12.8. The first-order chi connectivity index (χ1) is 17.3. The number of hydrogen-bond donors (Lipinski definition) is 5. The van der Waals surface area contributed by atoms with Gasteiger partial charge in [-0.3, -0.25) is 9.12 Å². The number of aromatic nitrogens is 4. The molecule has 3 rings (SSSR count). The van der Waals surface area contributed by atoms with Crippen LogP contribution in [-0.2, 0) is 14.9 Å². The Labute approximate surface area is 211 Å². The van der Waals surface area contributed by atoms with Crippen LogP contribution >= 0.6 is 0 Å². The average Bonchev–Trinajstić information content (AvgIpc) is 3.39. The van der Waals surface area contributed by atoms with E-state index >= 15 is 0 Å². The van der Waals surface area contributed by atoms with Gasteiger partial charge in [0, 0.05) is 6.54 Å². The molecule has 204 valence electrons. The molecule has 2 aromatic rings. The molecule has 0 aromatic carbocycles. The lowest BCUT2D eigenvalue weighted by atomic mass is 10.1. The molecule has 4 atom stereocenters. The van der Waals surface area contributed by atoms with Crippen molar-refractivity contribution in [1.82, 2.24) is 19.5 Å². The smallest absolute Gasteiger partial charge is 0.264 e. The van der Waals surface area contributed by atoms with Gasteiger partial charge in [-0.2, -0.15) is 8.42 Å². The molecular weight excluding hydrogens is 490 g/mol. The Bertz CT molecular complexity index is 1040. The summed E-state index contributed by atoms with van der Waals surface area (Å²) in [6.07, 6.45) is 10.2. The average molecular weight is 530 g/mol. The number of hydrogen-bond acceptors (Lipinski definition) is 10. The third-order valence-corrected chi connectivity index (χ3v) is 7.33. The van der Waals surface area contributed by atoms with Crippen molar-refractivity contribution in [2.45, 2.75) is 95.2 Å². The number of imidazole rings is 1. The van der Waals surface area contributed by atoms with Crippen LogP contribution in [0.5, 0.6) is 0 Å². The highest BCUT2D eigenvalue weighted by Gasteiger charge is 2.44. The van der Waals surface area contributed by atoms with Gasteiger partial charge in [-0.05, 0) is 12.8 Å². The van der Waals surface area contributed by atoms with Crippen molar-refractivity contribution in [3.63, 3.8) is 0 Å². The van der Waals surface area contributed by atoms with Crippen molar-refractivity contribution in [2.24, 2.45) is 0 Å². The minimum Gasteiger partial charge on any atom is -0.394 e. The molecule has 1 saturated heterocycles. The molecule has 5 N–H and O–H groups in total. The van der Waals surface area contributed by atoms with Gasteiger partial charge in [0.2, 0.25) is 0 Å². The van der Waals surface area contributed by atoms with Gasteiger partial charge in [-0.1, -0.05) is 57.8 Å². The van der Waals surface area contributed by atoms with Crippen LogP contribution in [0.2, 0.25) is 0 Å². The van der Waals surface area contributed by atoms with Gasteiger partial charge in [-0.15, -0.1) is 0 Å². The van der Waals surface area contributed by atoms with Gasteiger partial charge in [0.1, 0.15) is 24.6 Å². The molecule has 36 heavy (non-hydrogen) atoms. The van der Waals surface area contributed by atoms with Crippen molar-refractivity contribution in [2.75, 3.05) is 24.2 Å². The number of rotatable bonds is 17. The summed E-state index contributed by atoms with van der Waals surface area (Å²) < 4.78 is 37.1. The van der Waals surface area contributed by atoms with E-state index in [9.17, 15) is 23.7 Å². The predicted octanol–water partition coefficient (Wildman–Crippen LogP) is 2.03. The maximum atomic E-state index is 10.7. The Morgan fingerprint density at radius 2 is 1.50 bits per heavy atom. The lowest BCUT2D eigenvalue weighted by molar-refractivity contribution is -0.0511. The first-order valence-corrected chi connectivity index (χ1v) is 14.4. The predicted molar refractivity (Wildman–Crippen MR) is 134 cm³/mol. The highest BCUT2D eigenvalue weighted by atomic mass is 32.2. The summed E-state index contributed by atoms with van der Waals surface area (Å²) in [4.78, 5) is 12.9. The van der Waals surface area contributed by atoms with Crippen molar-refractivity contribution in [1.29, 1.82) is 0 Å². The number of unbranched alkanes of at least 4 members (excludes halogenated alkanes) is 10. The SMILES string of the molecule is O=S(=O)(O)CCCCCCCCCCCCCNc1ncnc2c1ncn2C1OC(CO)C(O)C1O. The molecule has 3 heterocycles. The molecule has 1 fully saturated rings. The van der Waals surface area contributed by atoms with E-state index in [0.29, 0.717) is 23.4 Å². The number of aliphatic hydroxyl groups excluding tert-OH is 3. The summed E-state index contributed by atoms with van der Waals surface area (Å²) >= 11 is 0. The van der Waals surface area contributed by atoms with Crippen LogP contribution in [0.4, 0.5) is 5.82 Å². The van der Waals surface area contributed by atoms with Crippen molar-refractivity contribution < 1.29 is 33.0 Å². The Kier molecular flexibility index (Phi) is 11.3. The Morgan fingerprint density at radius 3 is 2.08 bits per heavy atom. The Morgan fingerprint density at radius 1 is 0.889 bits per heavy atom. The molecule has 2 aromatic heterocycles. The highest BCUT2D eigenvalue weighted by Crippen LogP contribution is 2.32. The zero-order chi connectivity index (χ0) is 26.0. The Hall–Kier alpha value is -1.90. The minimum absolute atomic E-state index is 0.135. The second-order valence-corrected chi connectivity index (χ2v) is 10.9. The van der Waals surface area contributed by atoms with Crippen LogP contribution in [0.3, 0.4) is 0 Å². The van der Waals surface area contributed by atoms with E-state index in [-0.39, 0.29) is 5.75 Å². The zero-order valence-electron chi connectivity index (χ0n) is 20.6. The molecule has 1 aliphatic rings. The van der Waals surface area contributed by atoms with Crippen molar-refractivity contribution in [3.8, 4) is 0 Å². The molecule has 0 bridgehead atoms. The van der Waals surface area contributed by atoms with E-state index in [4.69, 9.17) is 9.29 Å². The molecular formula is C23H39N5O7S. The maximum Gasteiger partial charge on any atom is 0.264 e. The third-order valence-electron chi connectivity index (χ3n) is 6.52. The molecule has 0 aliphatic carbocycles. The Balaban J connectivity index is 1.29. The van der Waals surface area contributed by atoms with Crippen molar-refractivity contribution >= 4 is 27.1 Å². The molecule has 12 nitrogen and oxygen atoms in total. The molecule has 4 unspecified atom stereocenters. The van der Waals surface area contributed by atoms with Gasteiger partial charge in [-0.25, -0.2) is 15.0 Å². The second kappa shape index (κ2) is 14.1. The summed E-state index contributed by atoms with van der Waals surface area (Å²) in [6, 6.07) is 0. The number of aliphatic hydroxyl groups is 3. The lowest BCUT2D eigenvalue weighted by Crippen LogP contribution is -2.33. The van der Waals surface area contributed by atoms with Gasteiger partial charge in [0.25, 0.3) is 10.1 Å². The van der Waals surface area contributed by atoms with Gasteiger partial charge < -0.3 is 25.4 Å². The van der Waals surface area contributed by atoms with Crippen molar-refractivity contribution in [3.05, 3.63) is 12.7 Å². The molecule has 0 radical (unpaired) electrons. The molecule has 13 heteroatoms. The van der Waals surface area contributed by atoms with Gasteiger partial charge in [0.05, 0.1) is 18.7 Å². The fourth-order valence-electron chi connectivity index (χ4n) is 4.48. The maximum absolute atomic E-state index is 10.7. The molecule has 0 saturated carbocycles. The van der Waals surface area contributed by atoms with E-state index in [2.05, 4.69) is 20.3 Å². The number of nitrogens with one attached hydrogen (secondary N) is 1. The number of nitrogens with zero attached hydrogens (tertiary/aromatic N) is 4. The van der Waals surface area contributed by atoms with E-state index in [0.717, 1.165) is 51.5 Å². The molecule has 0 spiro atoms. The monoisotopic (exact) mass is 529 g/mol. The summed E-state index contributed by atoms with van der Waals surface area (Å²) in [5.41, 5.74) is 1.02. The van der Waals surface area contributed by atoms with Crippen LogP contribution in [-0.4, -0.2) is 85.0 Å². The fraction of sp³-hybridized carbons (Fsp3) is 0.783. The number of fused-ring (bicyclic) bond motifs is 1. The van der Waals surface area contributed by atoms with Crippen LogP contribution in [0.25, 0.3) is 11.2 Å².